The number of rotatable bonds is 4. The Morgan fingerprint density at radius 3 is 2.59 bits per heavy atom. The Morgan fingerprint density at radius 1 is 1.05 bits per heavy atom. The first-order valence-electron chi connectivity index (χ1n) is 8.05. The molecular weight excluding hydrogens is 300 g/mol. The van der Waals surface area contributed by atoms with Crippen molar-refractivity contribution in [1.82, 2.24) is 9.21 Å². The van der Waals surface area contributed by atoms with E-state index in [-0.39, 0.29) is 0 Å². The highest BCUT2D eigenvalue weighted by Crippen LogP contribution is 2.19. The Balaban J connectivity index is 1.62. The van der Waals surface area contributed by atoms with E-state index in [1.165, 1.54) is 0 Å². The van der Waals surface area contributed by atoms with Crippen LogP contribution in [0.2, 0.25) is 0 Å². The van der Waals surface area contributed by atoms with E-state index in [2.05, 4.69) is 4.90 Å². The molecule has 0 aliphatic carbocycles. The van der Waals surface area contributed by atoms with Gasteiger partial charge < -0.3 is 4.74 Å². The predicted molar refractivity (Wildman–Crippen MR) is 85.2 cm³/mol. The van der Waals surface area contributed by atoms with Crippen LogP contribution in [0, 0.1) is 0 Å². The minimum absolute atomic E-state index is 0.331. The van der Waals surface area contributed by atoms with Crippen molar-refractivity contribution >= 4 is 10.0 Å². The maximum absolute atomic E-state index is 12.7. The van der Waals surface area contributed by atoms with Crippen molar-refractivity contribution in [1.29, 1.82) is 0 Å². The molecule has 0 N–H and O–H groups in total. The summed E-state index contributed by atoms with van der Waals surface area (Å²) in [4.78, 5) is 2.74. The minimum Gasteiger partial charge on any atom is -0.377 e. The molecule has 0 radical (unpaired) electrons. The van der Waals surface area contributed by atoms with Crippen LogP contribution in [0.1, 0.15) is 19.3 Å². The third kappa shape index (κ3) is 3.68. The predicted octanol–water partition coefficient (Wildman–Crippen LogP) is 1.56. The molecule has 5 nitrogen and oxygen atoms in total. The molecule has 122 valence electrons. The highest BCUT2D eigenvalue weighted by molar-refractivity contribution is 7.89. The summed E-state index contributed by atoms with van der Waals surface area (Å²) in [6, 6.07) is 8.72. The fourth-order valence-corrected chi connectivity index (χ4v) is 4.68. The van der Waals surface area contributed by atoms with Crippen LogP contribution in [0.5, 0.6) is 0 Å². The van der Waals surface area contributed by atoms with E-state index in [9.17, 15) is 8.42 Å². The highest BCUT2D eigenvalue weighted by atomic mass is 32.2. The van der Waals surface area contributed by atoms with Crippen molar-refractivity contribution in [3.05, 3.63) is 30.3 Å². The van der Waals surface area contributed by atoms with Crippen molar-refractivity contribution in [2.24, 2.45) is 0 Å². The van der Waals surface area contributed by atoms with Gasteiger partial charge in [0.05, 0.1) is 11.0 Å². The fraction of sp³-hybridized carbons (Fsp3) is 0.625. The van der Waals surface area contributed by atoms with Gasteiger partial charge >= 0.3 is 0 Å². The molecule has 2 fully saturated rings. The Hall–Kier alpha value is -0.950. The third-order valence-corrected chi connectivity index (χ3v) is 6.33. The lowest BCUT2D eigenvalue weighted by atomic mass is 10.2. The minimum atomic E-state index is -3.36. The Labute approximate surface area is 132 Å². The van der Waals surface area contributed by atoms with E-state index in [0.29, 0.717) is 24.1 Å². The Bertz CT molecular complexity index is 570. The van der Waals surface area contributed by atoms with Crippen LogP contribution in [0.15, 0.2) is 35.2 Å². The largest absolute Gasteiger partial charge is 0.377 e. The van der Waals surface area contributed by atoms with E-state index in [4.69, 9.17) is 4.74 Å². The lowest BCUT2D eigenvalue weighted by Crippen LogP contribution is -2.37. The van der Waals surface area contributed by atoms with Crippen LogP contribution in [0.25, 0.3) is 0 Å². The first-order chi connectivity index (χ1) is 10.7. The zero-order valence-corrected chi connectivity index (χ0v) is 13.7. The second-order valence-electron chi connectivity index (χ2n) is 6.01. The van der Waals surface area contributed by atoms with Crippen LogP contribution >= 0.6 is 0 Å². The molecule has 2 saturated heterocycles. The van der Waals surface area contributed by atoms with E-state index < -0.39 is 10.0 Å². The van der Waals surface area contributed by atoms with Crippen molar-refractivity contribution in [3.8, 4) is 0 Å². The van der Waals surface area contributed by atoms with Crippen LogP contribution in [-0.2, 0) is 14.8 Å². The molecule has 6 heteroatoms. The summed E-state index contributed by atoms with van der Waals surface area (Å²) in [5.41, 5.74) is 0. The lowest BCUT2D eigenvalue weighted by molar-refractivity contribution is 0.0749. The molecule has 0 unspecified atom stereocenters. The summed E-state index contributed by atoms with van der Waals surface area (Å²) in [5.74, 6) is 0. The molecule has 3 rings (SSSR count). The van der Waals surface area contributed by atoms with Gasteiger partial charge in [-0.1, -0.05) is 18.2 Å². The quantitative estimate of drug-likeness (QED) is 0.843. The monoisotopic (exact) mass is 324 g/mol. The number of benzene rings is 1. The third-order valence-electron chi connectivity index (χ3n) is 4.41. The molecular formula is C16H24N2O3S. The SMILES string of the molecule is O=S(=O)(c1ccccc1)N1CCCN(C[C@H]2CCCO2)CC1. The number of sulfonamides is 1. The number of hydrogen-bond acceptors (Lipinski definition) is 4. The molecule has 0 bridgehead atoms. The van der Waals surface area contributed by atoms with Crippen molar-refractivity contribution in [3.63, 3.8) is 0 Å². The van der Waals surface area contributed by atoms with Crippen LogP contribution < -0.4 is 0 Å². The maximum atomic E-state index is 12.7. The summed E-state index contributed by atoms with van der Waals surface area (Å²) in [7, 11) is -3.36. The fourth-order valence-electron chi connectivity index (χ4n) is 3.19. The molecule has 1 aromatic rings. The standard InChI is InChI=1S/C16H24N2O3S/c19-22(20,16-7-2-1-3-8-16)18-10-5-9-17(11-12-18)14-15-6-4-13-21-15/h1-3,7-8,15H,4-6,9-14H2/t15-/m1/s1. The second kappa shape index (κ2) is 7.08. The molecule has 1 atom stereocenters. The van der Waals surface area contributed by atoms with Gasteiger partial charge in [-0.3, -0.25) is 4.90 Å². The highest BCUT2D eigenvalue weighted by Gasteiger charge is 2.28. The molecule has 0 amide bonds. The Kier molecular flexibility index (Phi) is 5.13. The summed E-state index contributed by atoms with van der Waals surface area (Å²) < 4.78 is 32.7. The van der Waals surface area contributed by atoms with E-state index >= 15 is 0 Å². The van der Waals surface area contributed by atoms with Gasteiger partial charge in [-0.15, -0.1) is 0 Å². The summed E-state index contributed by atoms with van der Waals surface area (Å²) in [5, 5.41) is 0. The van der Waals surface area contributed by atoms with Gasteiger partial charge in [-0.2, -0.15) is 4.31 Å². The van der Waals surface area contributed by atoms with Crippen LogP contribution in [0.3, 0.4) is 0 Å². The molecule has 0 saturated carbocycles. The van der Waals surface area contributed by atoms with E-state index in [0.717, 1.165) is 45.5 Å². The van der Waals surface area contributed by atoms with Gasteiger partial charge in [-0.05, 0) is 37.9 Å². The van der Waals surface area contributed by atoms with Crippen molar-refractivity contribution in [2.75, 3.05) is 39.3 Å². The molecule has 2 heterocycles. The average Bonchev–Trinajstić information content (AvgIpc) is 2.92. The maximum Gasteiger partial charge on any atom is 0.243 e. The molecule has 0 spiro atoms. The zero-order chi connectivity index (χ0) is 15.4. The van der Waals surface area contributed by atoms with Gasteiger partial charge in [0.1, 0.15) is 0 Å². The molecule has 0 aromatic heterocycles. The van der Waals surface area contributed by atoms with Gasteiger partial charge in [0.25, 0.3) is 0 Å². The zero-order valence-electron chi connectivity index (χ0n) is 12.9. The van der Waals surface area contributed by atoms with Gasteiger partial charge in [-0.25, -0.2) is 8.42 Å². The van der Waals surface area contributed by atoms with Crippen molar-refractivity contribution in [2.45, 2.75) is 30.3 Å². The molecule has 2 aliphatic rings. The second-order valence-corrected chi connectivity index (χ2v) is 7.94. The number of nitrogens with zero attached hydrogens (tertiary/aromatic N) is 2. The number of hydrogen-bond donors (Lipinski definition) is 0. The van der Waals surface area contributed by atoms with Gasteiger partial charge in [0.2, 0.25) is 10.0 Å². The first-order valence-corrected chi connectivity index (χ1v) is 9.49. The van der Waals surface area contributed by atoms with Crippen LogP contribution in [0.4, 0.5) is 0 Å². The van der Waals surface area contributed by atoms with Crippen LogP contribution in [-0.4, -0.2) is 63.1 Å². The first kappa shape index (κ1) is 15.9. The summed E-state index contributed by atoms with van der Waals surface area (Å²) >= 11 is 0. The average molecular weight is 324 g/mol. The van der Waals surface area contributed by atoms with Crippen molar-refractivity contribution < 1.29 is 13.2 Å². The lowest BCUT2D eigenvalue weighted by Gasteiger charge is -2.23. The molecule has 22 heavy (non-hydrogen) atoms. The Morgan fingerprint density at radius 2 is 1.86 bits per heavy atom. The van der Waals surface area contributed by atoms with Gasteiger partial charge in [0.15, 0.2) is 0 Å². The molecule has 2 aliphatic heterocycles. The normalized spacial score (nSPS) is 25.2. The number of ether oxygens (including phenoxy) is 1. The van der Waals surface area contributed by atoms with Gasteiger partial charge in [0, 0.05) is 32.8 Å². The summed E-state index contributed by atoms with van der Waals surface area (Å²) in [6.07, 6.45) is 3.48. The van der Waals surface area contributed by atoms with E-state index in [1.807, 2.05) is 6.07 Å². The smallest absolute Gasteiger partial charge is 0.243 e. The van der Waals surface area contributed by atoms with E-state index in [1.54, 1.807) is 28.6 Å². The topological polar surface area (TPSA) is 49.9 Å². The molecule has 1 aromatic carbocycles. The summed E-state index contributed by atoms with van der Waals surface area (Å²) in [6.45, 7) is 4.68.